The summed E-state index contributed by atoms with van der Waals surface area (Å²) in [4.78, 5) is 6.11. The van der Waals surface area contributed by atoms with E-state index >= 15 is 0 Å². The highest BCUT2D eigenvalue weighted by atomic mass is 19.3. The Balaban J connectivity index is 1.95. The minimum atomic E-state index is -2.21. The Morgan fingerprint density at radius 1 is 1.56 bits per heavy atom. The highest BCUT2D eigenvalue weighted by Crippen LogP contribution is 2.24. The Hall–Kier alpha value is -1.23. The van der Waals surface area contributed by atoms with Crippen LogP contribution in [-0.4, -0.2) is 36.5 Å². The molecule has 18 heavy (non-hydrogen) atoms. The molecule has 0 radical (unpaired) electrons. The lowest BCUT2D eigenvalue weighted by Gasteiger charge is -2.32. The van der Waals surface area contributed by atoms with Gasteiger partial charge in [-0.1, -0.05) is 0 Å². The van der Waals surface area contributed by atoms with Gasteiger partial charge < -0.3 is 4.74 Å². The van der Waals surface area contributed by atoms with Crippen LogP contribution in [0, 0.1) is 5.92 Å². The van der Waals surface area contributed by atoms with Gasteiger partial charge in [0.2, 0.25) is 12.3 Å². The monoisotopic (exact) mass is 256 g/mol. The van der Waals surface area contributed by atoms with Crippen molar-refractivity contribution in [2.45, 2.75) is 25.8 Å². The van der Waals surface area contributed by atoms with Crippen molar-refractivity contribution in [3.8, 4) is 5.88 Å². The van der Waals surface area contributed by atoms with Gasteiger partial charge >= 0.3 is 0 Å². The zero-order valence-corrected chi connectivity index (χ0v) is 10.5. The van der Waals surface area contributed by atoms with Gasteiger partial charge in [-0.2, -0.15) is 0 Å². The SMILES string of the molecule is COc1cc(CN2CCCC(C(F)F)C2)ccn1. The summed E-state index contributed by atoms with van der Waals surface area (Å²) in [6.07, 6.45) is 0.952. The number of nitrogens with zero attached hydrogens (tertiary/aromatic N) is 2. The molecule has 0 N–H and O–H groups in total. The van der Waals surface area contributed by atoms with Gasteiger partial charge in [0.05, 0.1) is 7.11 Å². The van der Waals surface area contributed by atoms with E-state index < -0.39 is 12.3 Å². The van der Waals surface area contributed by atoms with Crippen LogP contribution < -0.4 is 4.74 Å². The van der Waals surface area contributed by atoms with Crippen molar-refractivity contribution in [2.75, 3.05) is 20.2 Å². The Morgan fingerprint density at radius 2 is 2.39 bits per heavy atom. The first kappa shape index (κ1) is 13.2. The number of rotatable bonds is 4. The molecule has 1 aliphatic heterocycles. The fraction of sp³-hybridized carbons (Fsp3) is 0.615. The number of ether oxygens (including phenoxy) is 1. The summed E-state index contributed by atoms with van der Waals surface area (Å²) in [6.45, 7) is 2.04. The summed E-state index contributed by atoms with van der Waals surface area (Å²) in [5.74, 6) is 0.0809. The van der Waals surface area contributed by atoms with E-state index in [4.69, 9.17) is 4.74 Å². The minimum absolute atomic E-state index is 0.475. The van der Waals surface area contributed by atoms with Crippen molar-refractivity contribution >= 4 is 0 Å². The molecular formula is C13H18F2N2O. The largest absolute Gasteiger partial charge is 0.481 e. The Kier molecular flexibility index (Phi) is 4.47. The normalized spacial score (nSPS) is 21.2. The highest BCUT2D eigenvalue weighted by Gasteiger charge is 2.26. The van der Waals surface area contributed by atoms with Crippen molar-refractivity contribution in [3.05, 3.63) is 23.9 Å². The average molecular weight is 256 g/mol. The first-order valence-corrected chi connectivity index (χ1v) is 6.18. The summed E-state index contributed by atoms with van der Waals surface area (Å²) < 4.78 is 30.4. The molecule has 1 aliphatic rings. The Bertz CT molecular complexity index is 387. The summed E-state index contributed by atoms with van der Waals surface area (Å²) >= 11 is 0. The number of alkyl halides is 2. The number of hydrogen-bond acceptors (Lipinski definition) is 3. The topological polar surface area (TPSA) is 25.4 Å². The molecule has 2 rings (SSSR count). The van der Waals surface area contributed by atoms with Crippen molar-refractivity contribution < 1.29 is 13.5 Å². The van der Waals surface area contributed by atoms with Gasteiger partial charge in [0, 0.05) is 31.3 Å². The molecule has 1 aromatic heterocycles. The smallest absolute Gasteiger partial charge is 0.242 e. The summed E-state index contributed by atoms with van der Waals surface area (Å²) in [6, 6.07) is 3.75. The third-order valence-corrected chi connectivity index (χ3v) is 3.31. The molecule has 0 saturated carbocycles. The summed E-state index contributed by atoms with van der Waals surface area (Å²) in [5, 5.41) is 0. The fourth-order valence-corrected chi connectivity index (χ4v) is 2.36. The van der Waals surface area contributed by atoms with Crippen LogP contribution in [0.3, 0.4) is 0 Å². The molecule has 0 amide bonds. The second kappa shape index (κ2) is 6.09. The lowest BCUT2D eigenvalue weighted by molar-refractivity contribution is 0.0253. The van der Waals surface area contributed by atoms with Crippen LogP contribution in [-0.2, 0) is 6.54 Å². The maximum atomic E-state index is 12.7. The molecule has 0 spiro atoms. The molecule has 2 heterocycles. The molecule has 1 atom stereocenters. The molecule has 1 saturated heterocycles. The third-order valence-electron chi connectivity index (χ3n) is 3.31. The number of pyridine rings is 1. The van der Waals surface area contributed by atoms with Crippen molar-refractivity contribution in [3.63, 3.8) is 0 Å². The number of hydrogen-bond donors (Lipinski definition) is 0. The second-order valence-corrected chi connectivity index (χ2v) is 4.68. The standard InChI is InChI=1S/C13H18F2N2O/c1-18-12-7-10(4-5-16-12)8-17-6-2-3-11(9-17)13(14)15/h4-5,7,11,13H,2-3,6,8-9H2,1H3. The van der Waals surface area contributed by atoms with Crippen LogP contribution in [0.2, 0.25) is 0 Å². The molecule has 0 aliphatic carbocycles. The van der Waals surface area contributed by atoms with E-state index in [0.717, 1.165) is 18.5 Å². The fourth-order valence-electron chi connectivity index (χ4n) is 2.36. The average Bonchev–Trinajstić information content (AvgIpc) is 2.39. The predicted octanol–water partition coefficient (Wildman–Crippen LogP) is 2.57. The van der Waals surface area contributed by atoms with E-state index in [-0.39, 0.29) is 0 Å². The number of likely N-dealkylation sites (tertiary alicyclic amines) is 1. The molecular weight excluding hydrogens is 238 g/mol. The summed E-state index contributed by atoms with van der Waals surface area (Å²) in [5.41, 5.74) is 1.05. The van der Waals surface area contributed by atoms with Gasteiger partial charge in [-0.25, -0.2) is 13.8 Å². The first-order chi connectivity index (χ1) is 8.69. The van der Waals surface area contributed by atoms with Crippen molar-refractivity contribution in [2.24, 2.45) is 5.92 Å². The van der Waals surface area contributed by atoms with Crippen LogP contribution in [0.15, 0.2) is 18.3 Å². The van der Waals surface area contributed by atoms with Crippen LogP contribution in [0.4, 0.5) is 8.78 Å². The van der Waals surface area contributed by atoms with Crippen molar-refractivity contribution in [1.82, 2.24) is 9.88 Å². The van der Waals surface area contributed by atoms with E-state index in [1.165, 1.54) is 0 Å². The van der Waals surface area contributed by atoms with E-state index in [9.17, 15) is 8.78 Å². The molecule has 3 nitrogen and oxygen atoms in total. The molecule has 0 bridgehead atoms. The first-order valence-electron chi connectivity index (χ1n) is 6.18. The third kappa shape index (κ3) is 3.38. The van der Waals surface area contributed by atoms with Crippen LogP contribution in [0.1, 0.15) is 18.4 Å². The predicted molar refractivity (Wildman–Crippen MR) is 64.8 cm³/mol. The molecule has 1 unspecified atom stereocenters. The molecule has 0 aromatic carbocycles. The number of aromatic nitrogens is 1. The zero-order chi connectivity index (χ0) is 13.0. The van der Waals surface area contributed by atoms with Gasteiger partial charge in [0.1, 0.15) is 0 Å². The summed E-state index contributed by atoms with van der Waals surface area (Å²) in [7, 11) is 1.57. The van der Waals surface area contributed by atoms with Gasteiger partial charge in [-0.15, -0.1) is 0 Å². The number of methoxy groups -OCH3 is 1. The lowest BCUT2D eigenvalue weighted by Crippen LogP contribution is -2.37. The Morgan fingerprint density at radius 3 is 3.11 bits per heavy atom. The maximum absolute atomic E-state index is 12.7. The van der Waals surface area contributed by atoms with Crippen LogP contribution in [0.25, 0.3) is 0 Å². The molecule has 5 heteroatoms. The van der Waals surface area contributed by atoms with Crippen LogP contribution in [0.5, 0.6) is 5.88 Å². The quantitative estimate of drug-likeness (QED) is 0.828. The molecule has 100 valence electrons. The van der Waals surface area contributed by atoms with Crippen molar-refractivity contribution in [1.29, 1.82) is 0 Å². The van der Waals surface area contributed by atoms with Gasteiger partial charge in [0.25, 0.3) is 0 Å². The van der Waals surface area contributed by atoms with E-state index in [1.54, 1.807) is 13.3 Å². The van der Waals surface area contributed by atoms with Gasteiger partial charge in [-0.3, -0.25) is 4.90 Å². The van der Waals surface area contributed by atoms with Gasteiger partial charge in [-0.05, 0) is 31.0 Å². The highest BCUT2D eigenvalue weighted by molar-refractivity contribution is 5.20. The maximum Gasteiger partial charge on any atom is 0.242 e. The van der Waals surface area contributed by atoms with E-state index in [1.807, 2.05) is 12.1 Å². The Labute approximate surface area is 106 Å². The van der Waals surface area contributed by atoms with Crippen LogP contribution >= 0.6 is 0 Å². The number of piperidine rings is 1. The number of halogens is 2. The second-order valence-electron chi connectivity index (χ2n) is 4.68. The minimum Gasteiger partial charge on any atom is -0.481 e. The van der Waals surface area contributed by atoms with Gasteiger partial charge in [0.15, 0.2) is 0 Å². The molecule has 1 fully saturated rings. The zero-order valence-electron chi connectivity index (χ0n) is 10.5. The van der Waals surface area contributed by atoms with E-state index in [0.29, 0.717) is 25.4 Å². The molecule has 1 aromatic rings. The van der Waals surface area contributed by atoms with E-state index in [2.05, 4.69) is 9.88 Å². The lowest BCUT2D eigenvalue weighted by atomic mass is 9.98.